The quantitative estimate of drug-likeness (QED) is 0.224. The predicted octanol–water partition coefficient (Wildman–Crippen LogP) is 16.0. The first-order valence-corrected chi connectivity index (χ1v) is 26.0. The minimum atomic E-state index is 0. The van der Waals surface area contributed by atoms with E-state index >= 15 is 0 Å². The number of piperidine rings is 1. The first-order chi connectivity index (χ1) is 27.9. The number of amides is 1. The Morgan fingerprint density at radius 1 is 0.339 bits per heavy atom. The molecule has 7 heterocycles. The molecule has 59 heavy (non-hydrogen) atoms. The van der Waals surface area contributed by atoms with E-state index in [9.17, 15) is 4.79 Å². The summed E-state index contributed by atoms with van der Waals surface area (Å²) < 4.78 is 15.2. The molecule has 0 aromatic rings. The average molecular weight is 875 g/mol. The molecule has 7 nitrogen and oxygen atoms in total. The molecule has 1 amide bonds. The minimum Gasteiger partial charge on any atom is -0.381 e. The summed E-state index contributed by atoms with van der Waals surface area (Å²) in [6.45, 7) is 39.9. The monoisotopic (exact) mass is 874 g/mol. The van der Waals surface area contributed by atoms with Gasteiger partial charge < -0.3 is 30.2 Å². The van der Waals surface area contributed by atoms with Crippen molar-refractivity contribution in [2.45, 2.75) is 248 Å². The number of ether oxygens (including phenoxy) is 3. The van der Waals surface area contributed by atoms with Gasteiger partial charge in [0.15, 0.2) is 0 Å². The van der Waals surface area contributed by atoms with Crippen LogP contribution in [0, 0.1) is 0 Å². The molecule has 7 aliphatic rings. The number of nitrogens with one attached hydrogen (secondary N) is 3. The maximum atomic E-state index is 10.1. The molecular formula is C51H123N3O4S. The summed E-state index contributed by atoms with van der Waals surface area (Å²) in [6, 6.07) is 0. The van der Waals surface area contributed by atoms with E-state index in [0.717, 1.165) is 59.0 Å². The van der Waals surface area contributed by atoms with Crippen LogP contribution in [0.15, 0.2) is 0 Å². The minimum absolute atomic E-state index is 0. The Hall–Kier alpha value is -0.380. The zero-order chi connectivity index (χ0) is 43.9. The lowest BCUT2D eigenvalue weighted by Gasteiger charge is -2.08. The van der Waals surface area contributed by atoms with Gasteiger partial charge in [-0.1, -0.05) is 151 Å². The van der Waals surface area contributed by atoms with Gasteiger partial charge in [0.1, 0.15) is 0 Å². The molecule has 7 rings (SSSR count). The third-order valence-electron chi connectivity index (χ3n) is 7.63. The lowest BCUT2D eigenvalue weighted by molar-refractivity contribution is -0.119. The lowest BCUT2D eigenvalue weighted by Crippen LogP contribution is -2.21. The Bertz CT molecular complexity index is 412. The van der Waals surface area contributed by atoms with Crippen molar-refractivity contribution in [2.75, 3.05) is 83.9 Å². The van der Waals surface area contributed by atoms with Gasteiger partial charge in [0.25, 0.3) is 0 Å². The first-order valence-electron chi connectivity index (χ1n) is 24.9. The Morgan fingerprint density at radius 3 is 0.763 bits per heavy atom. The molecule has 7 saturated heterocycles. The van der Waals surface area contributed by atoms with E-state index in [4.69, 9.17) is 14.2 Å². The van der Waals surface area contributed by atoms with Crippen LogP contribution in [0.5, 0.6) is 0 Å². The molecule has 7 aliphatic heterocycles. The highest BCUT2D eigenvalue weighted by Gasteiger charge is 2.05. The van der Waals surface area contributed by atoms with Crippen molar-refractivity contribution in [2.24, 2.45) is 0 Å². The van der Waals surface area contributed by atoms with E-state index in [1.165, 1.54) is 153 Å². The maximum absolute atomic E-state index is 10.1. The van der Waals surface area contributed by atoms with Crippen LogP contribution in [0.25, 0.3) is 0 Å². The van der Waals surface area contributed by atoms with Crippen molar-refractivity contribution in [3.63, 3.8) is 0 Å². The highest BCUT2D eigenvalue weighted by atomic mass is 32.2. The smallest absolute Gasteiger partial charge is 0.220 e. The second kappa shape index (κ2) is 102. The van der Waals surface area contributed by atoms with Crippen LogP contribution in [-0.4, -0.2) is 89.8 Å². The lowest BCUT2D eigenvalue weighted by atomic mass is 10.2. The van der Waals surface area contributed by atoms with E-state index in [0.29, 0.717) is 0 Å². The molecule has 0 unspecified atom stereocenters. The Balaban J connectivity index is -0.0000000562. The molecule has 0 aromatic carbocycles. The number of rotatable bonds is 0. The van der Waals surface area contributed by atoms with Gasteiger partial charge in [-0.3, -0.25) is 4.79 Å². The highest BCUT2D eigenvalue weighted by molar-refractivity contribution is 7.99. The van der Waals surface area contributed by atoms with Gasteiger partial charge in [-0.15, -0.1) is 0 Å². The zero-order valence-corrected chi connectivity index (χ0v) is 42.2. The van der Waals surface area contributed by atoms with Gasteiger partial charge in [-0.05, 0) is 128 Å². The van der Waals surface area contributed by atoms with E-state index in [1.54, 1.807) is 0 Å². The molecule has 0 aromatic heterocycles. The van der Waals surface area contributed by atoms with E-state index < -0.39 is 0 Å². The summed E-state index contributed by atoms with van der Waals surface area (Å²) in [6.07, 6.45) is 26.3. The molecule has 0 saturated carbocycles. The fourth-order valence-corrected chi connectivity index (χ4v) is 5.94. The normalized spacial score (nSPS) is 17.5. The van der Waals surface area contributed by atoms with Gasteiger partial charge in [0, 0.05) is 52.6 Å². The Morgan fingerprint density at radius 2 is 0.593 bits per heavy atom. The van der Waals surface area contributed by atoms with Crippen LogP contribution >= 0.6 is 11.8 Å². The van der Waals surface area contributed by atoms with Crippen molar-refractivity contribution in [1.82, 2.24) is 16.0 Å². The average Bonchev–Trinajstić information content (AvgIpc) is 4.12. The number of carbonyl (C=O) groups is 1. The van der Waals surface area contributed by atoms with E-state index in [2.05, 4.69) is 27.7 Å². The summed E-state index contributed by atoms with van der Waals surface area (Å²) in [4.78, 5) is 10.1. The Kier molecular flexibility index (Phi) is 142. The van der Waals surface area contributed by atoms with Crippen molar-refractivity contribution >= 4 is 17.7 Å². The third-order valence-corrected chi connectivity index (χ3v) is 8.78. The summed E-state index contributed by atoms with van der Waals surface area (Å²) in [5.74, 6) is 3.04. The van der Waals surface area contributed by atoms with Crippen molar-refractivity contribution in [1.29, 1.82) is 0 Å². The van der Waals surface area contributed by atoms with Crippen LogP contribution in [0.4, 0.5) is 0 Å². The second-order valence-corrected chi connectivity index (χ2v) is 13.0. The number of thioether (sulfide) groups is 1. The number of carbonyl (C=O) groups excluding carboxylic acids is 1. The number of hydrogen-bond acceptors (Lipinski definition) is 7. The van der Waals surface area contributed by atoms with Gasteiger partial charge in [-0.25, -0.2) is 0 Å². The van der Waals surface area contributed by atoms with Crippen LogP contribution in [-0.2, 0) is 19.0 Å². The number of hydrogen-bond donors (Lipinski definition) is 3. The van der Waals surface area contributed by atoms with Gasteiger partial charge in [0.05, 0.1) is 0 Å². The highest BCUT2D eigenvalue weighted by Crippen LogP contribution is 2.14. The second-order valence-electron chi connectivity index (χ2n) is 11.8. The summed E-state index contributed by atoms with van der Waals surface area (Å²) >= 11 is 2.07. The van der Waals surface area contributed by atoms with Crippen molar-refractivity contribution in [3.8, 4) is 0 Å². The molecule has 0 bridgehead atoms. The summed E-state index contributed by atoms with van der Waals surface area (Å²) in [5.41, 5.74) is 0. The molecule has 372 valence electrons. The fourth-order valence-electron chi connectivity index (χ4n) is 4.92. The standard InChI is InChI=1S/C6H13N.C6H12O.C5H11N.C5H10O.C4H7NO.C4H8O.C4H8S.7C2H6.3CH4/c2*1-2-4-6-7-5-3-1;2*1-2-4-6-5-3-1;6-4-2-1-3-5-4;2*1-2-4-5-3-1;7*1-2;;;/h7H,1-6H2;1-6H2;6H,1-5H2;1-5H2;1-3H2,(H,5,6);2*1-4H2;7*1-2H3;3*1H4. The molecule has 0 atom stereocenters. The van der Waals surface area contributed by atoms with Crippen LogP contribution in [0.2, 0.25) is 0 Å². The summed E-state index contributed by atoms with van der Waals surface area (Å²) in [7, 11) is 0. The molecular weight excluding hydrogens is 751 g/mol. The molecule has 0 aliphatic carbocycles. The molecule has 3 N–H and O–H groups in total. The molecule has 8 heteroatoms. The van der Waals surface area contributed by atoms with Crippen molar-refractivity contribution < 1.29 is 19.0 Å². The fraction of sp³-hybridized carbons (Fsp3) is 0.980. The summed E-state index contributed by atoms with van der Waals surface area (Å²) in [5, 5.41) is 9.31. The first kappa shape index (κ1) is 82.3. The molecule has 0 spiro atoms. The molecule has 7 fully saturated rings. The maximum Gasteiger partial charge on any atom is 0.220 e. The van der Waals surface area contributed by atoms with E-state index in [-0.39, 0.29) is 28.2 Å². The molecule has 0 radical (unpaired) electrons. The topological polar surface area (TPSA) is 80.8 Å². The Labute approximate surface area is 382 Å². The van der Waals surface area contributed by atoms with Gasteiger partial charge in [-0.2, -0.15) is 11.8 Å². The van der Waals surface area contributed by atoms with Gasteiger partial charge in [0.2, 0.25) is 5.91 Å². The van der Waals surface area contributed by atoms with Crippen molar-refractivity contribution in [3.05, 3.63) is 0 Å². The third kappa shape index (κ3) is 98.1. The van der Waals surface area contributed by atoms with Crippen LogP contribution in [0.3, 0.4) is 0 Å². The van der Waals surface area contributed by atoms with E-state index in [1.807, 2.05) is 96.9 Å². The zero-order valence-electron chi connectivity index (χ0n) is 41.4. The van der Waals surface area contributed by atoms with Gasteiger partial charge >= 0.3 is 0 Å². The predicted molar refractivity (Wildman–Crippen MR) is 281 cm³/mol. The van der Waals surface area contributed by atoms with Crippen LogP contribution in [0.1, 0.15) is 248 Å². The van der Waals surface area contributed by atoms with Crippen LogP contribution < -0.4 is 16.0 Å². The SMILES string of the molecule is C.C.C.C1CCCNCC1.C1CCCOCC1.C1CCNCC1.C1CCOC1.C1CCOCC1.C1CCSC1.CC.CC.CC.CC.CC.CC.CC.O=C1CCCN1. The largest absolute Gasteiger partial charge is 0.381 e.